The Morgan fingerprint density at radius 1 is 1.04 bits per heavy atom. The molecule has 0 atom stereocenters. The van der Waals surface area contributed by atoms with Gasteiger partial charge in [-0.05, 0) is 36.6 Å². The van der Waals surface area contributed by atoms with Crippen molar-refractivity contribution >= 4 is 33.5 Å². The number of carbonyl (C=O) groups is 1. The average molecular weight is 328 g/mol. The predicted octanol–water partition coefficient (Wildman–Crippen LogP) is 5.16. The minimum absolute atomic E-state index is 0.184. The molecule has 0 aliphatic heterocycles. The molecule has 3 aromatic carbocycles. The summed E-state index contributed by atoms with van der Waals surface area (Å²) in [5.41, 5.74) is 2.97. The van der Waals surface area contributed by atoms with Crippen LogP contribution in [-0.4, -0.2) is 10.9 Å². The first-order valence-corrected chi connectivity index (χ1v) is 8.07. The first kappa shape index (κ1) is 15.1. The van der Waals surface area contributed by atoms with E-state index >= 15 is 0 Å². The van der Waals surface area contributed by atoms with E-state index in [9.17, 15) is 4.79 Å². The highest BCUT2D eigenvalue weighted by molar-refractivity contribution is 6.04. The molecule has 4 aromatic rings. The molecule has 0 unspecified atom stereocenters. The van der Waals surface area contributed by atoms with Crippen LogP contribution in [0.2, 0.25) is 0 Å². The Morgan fingerprint density at radius 2 is 1.84 bits per heavy atom. The minimum atomic E-state index is -0.184. The van der Waals surface area contributed by atoms with E-state index in [0.29, 0.717) is 11.6 Å². The Balaban J connectivity index is 1.85. The molecule has 0 bridgehead atoms. The lowest BCUT2D eigenvalue weighted by Gasteiger charge is -2.06. The van der Waals surface area contributed by atoms with Crippen LogP contribution in [-0.2, 0) is 4.79 Å². The van der Waals surface area contributed by atoms with E-state index in [1.807, 2.05) is 60.7 Å². The topological polar surface area (TPSA) is 55.1 Å². The van der Waals surface area contributed by atoms with Crippen LogP contribution in [0.15, 0.2) is 77.2 Å². The van der Waals surface area contributed by atoms with Gasteiger partial charge in [0.2, 0.25) is 11.8 Å². The highest BCUT2D eigenvalue weighted by Crippen LogP contribution is 2.33. The van der Waals surface area contributed by atoms with Crippen molar-refractivity contribution in [3.05, 3.63) is 72.8 Å². The summed E-state index contributed by atoms with van der Waals surface area (Å²) in [7, 11) is 0. The number of para-hydroxylation sites is 1. The zero-order chi connectivity index (χ0) is 17.2. The monoisotopic (exact) mass is 328 g/mol. The standard InChI is InChI=1S/C21H16N2O2/c1-2-7-19(24)22-17-11-6-5-10-16(17)21-23-18-13-12-14-8-3-4-9-15(14)20(18)25-21/h2-13H,1H3,(H,22,24). The zero-order valence-electron chi connectivity index (χ0n) is 13.7. The number of hydrogen-bond acceptors (Lipinski definition) is 3. The van der Waals surface area contributed by atoms with Gasteiger partial charge in [-0.1, -0.05) is 48.5 Å². The summed E-state index contributed by atoms with van der Waals surface area (Å²) in [6.45, 7) is 1.80. The number of amides is 1. The second-order valence-corrected chi connectivity index (χ2v) is 5.69. The summed E-state index contributed by atoms with van der Waals surface area (Å²) in [4.78, 5) is 16.5. The molecule has 0 spiro atoms. The molecular formula is C21H16N2O2. The summed E-state index contributed by atoms with van der Waals surface area (Å²) in [6.07, 6.45) is 3.18. The molecule has 0 radical (unpaired) electrons. The van der Waals surface area contributed by atoms with Crippen molar-refractivity contribution in [3.8, 4) is 11.5 Å². The summed E-state index contributed by atoms with van der Waals surface area (Å²) >= 11 is 0. The van der Waals surface area contributed by atoms with Crippen LogP contribution >= 0.6 is 0 Å². The maximum Gasteiger partial charge on any atom is 0.248 e. The van der Waals surface area contributed by atoms with Crippen molar-refractivity contribution in [2.75, 3.05) is 5.32 Å². The lowest BCUT2D eigenvalue weighted by molar-refractivity contribution is -0.111. The molecular weight excluding hydrogens is 312 g/mol. The summed E-state index contributed by atoms with van der Waals surface area (Å²) in [6, 6.07) is 19.5. The van der Waals surface area contributed by atoms with Crippen molar-refractivity contribution in [3.63, 3.8) is 0 Å². The van der Waals surface area contributed by atoms with Crippen molar-refractivity contribution in [2.24, 2.45) is 0 Å². The van der Waals surface area contributed by atoms with Crippen LogP contribution in [0.3, 0.4) is 0 Å². The molecule has 1 heterocycles. The summed E-state index contributed by atoms with van der Waals surface area (Å²) in [5, 5.41) is 4.99. The molecule has 1 aromatic heterocycles. The lowest BCUT2D eigenvalue weighted by Crippen LogP contribution is -2.08. The van der Waals surface area contributed by atoms with Crippen molar-refractivity contribution in [1.82, 2.24) is 4.98 Å². The quantitative estimate of drug-likeness (QED) is 0.528. The van der Waals surface area contributed by atoms with E-state index in [1.54, 1.807) is 13.0 Å². The van der Waals surface area contributed by atoms with Gasteiger partial charge in [0.25, 0.3) is 0 Å². The van der Waals surface area contributed by atoms with E-state index in [1.165, 1.54) is 6.08 Å². The number of nitrogens with zero attached hydrogens (tertiary/aromatic N) is 1. The third kappa shape index (κ3) is 2.78. The number of oxazole rings is 1. The molecule has 4 rings (SSSR count). The Bertz CT molecular complexity index is 1110. The van der Waals surface area contributed by atoms with Crippen LogP contribution < -0.4 is 5.32 Å². The Labute approximate surface area is 144 Å². The van der Waals surface area contributed by atoms with Crippen molar-refractivity contribution in [2.45, 2.75) is 6.92 Å². The molecule has 25 heavy (non-hydrogen) atoms. The van der Waals surface area contributed by atoms with Gasteiger partial charge in [0.1, 0.15) is 5.52 Å². The number of nitrogens with one attached hydrogen (secondary N) is 1. The second kappa shape index (κ2) is 6.24. The number of benzene rings is 3. The van der Waals surface area contributed by atoms with Gasteiger partial charge in [0.05, 0.1) is 11.3 Å². The fraction of sp³-hybridized carbons (Fsp3) is 0.0476. The highest BCUT2D eigenvalue weighted by atomic mass is 16.3. The van der Waals surface area contributed by atoms with Crippen LogP contribution in [0.1, 0.15) is 6.92 Å². The van der Waals surface area contributed by atoms with E-state index < -0.39 is 0 Å². The molecule has 0 saturated carbocycles. The summed E-state index contributed by atoms with van der Waals surface area (Å²) < 4.78 is 6.07. The summed E-state index contributed by atoms with van der Waals surface area (Å²) in [5.74, 6) is 0.305. The largest absolute Gasteiger partial charge is 0.435 e. The maximum absolute atomic E-state index is 11.9. The van der Waals surface area contributed by atoms with Crippen molar-refractivity contribution in [1.29, 1.82) is 0 Å². The van der Waals surface area contributed by atoms with Gasteiger partial charge in [-0.3, -0.25) is 4.79 Å². The molecule has 1 amide bonds. The van der Waals surface area contributed by atoms with E-state index in [-0.39, 0.29) is 5.91 Å². The smallest absolute Gasteiger partial charge is 0.248 e. The normalized spacial score (nSPS) is 11.4. The van der Waals surface area contributed by atoms with Crippen molar-refractivity contribution < 1.29 is 9.21 Å². The fourth-order valence-electron chi connectivity index (χ4n) is 2.88. The second-order valence-electron chi connectivity index (χ2n) is 5.69. The van der Waals surface area contributed by atoms with E-state index in [0.717, 1.165) is 27.4 Å². The van der Waals surface area contributed by atoms with E-state index in [4.69, 9.17) is 4.42 Å². The number of hydrogen-bond donors (Lipinski definition) is 1. The number of allylic oxidation sites excluding steroid dienone is 1. The molecule has 1 N–H and O–H groups in total. The first-order chi connectivity index (χ1) is 12.3. The molecule has 4 nitrogen and oxygen atoms in total. The Morgan fingerprint density at radius 3 is 2.72 bits per heavy atom. The molecule has 0 fully saturated rings. The Hall–Kier alpha value is -3.40. The SMILES string of the molecule is CC=CC(=O)Nc1ccccc1-c1nc2ccc3ccccc3c2o1. The predicted molar refractivity (Wildman–Crippen MR) is 100 cm³/mol. The van der Waals surface area contributed by atoms with Gasteiger partial charge in [0.15, 0.2) is 5.58 Å². The molecule has 122 valence electrons. The van der Waals surface area contributed by atoms with Gasteiger partial charge in [0, 0.05) is 5.39 Å². The van der Waals surface area contributed by atoms with Gasteiger partial charge < -0.3 is 9.73 Å². The number of rotatable bonds is 3. The molecule has 0 aliphatic rings. The van der Waals surface area contributed by atoms with Crippen LogP contribution in [0.25, 0.3) is 33.3 Å². The van der Waals surface area contributed by atoms with Gasteiger partial charge in [-0.25, -0.2) is 4.98 Å². The van der Waals surface area contributed by atoms with Gasteiger partial charge in [-0.15, -0.1) is 0 Å². The number of fused-ring (bicyclic) bond motifs is 3. The third-order valence-corrected chi connectivity index (χ3v) is 4.01. The van der Waals surface area contributed by atoms with Crippen LogP contribution in [0, 0.1) is 0 Å². The minimum Gasteiger partial charge on any atom is -0.435 e. The van der Waals surface area contributed by atoms with Crippen LogP contribution in [0.4, 0.5) is 5.69 Å². The maximum atomic E-state index is 11.9. The highest BCUT2D eigenvalue weighted by Gasteiger charge is 2.14. The first-order valence-electron chi connectivity index (χ1n) is 8.07. The average Bonchev–Trinajstić information content (AvgIpc) is 3.07. The molecule has 0 saturated heterocycles. The molecule has 0 aliphatic carbocycles. The van der Waals surface area contributed by atoms with Crippen LogP contribution in [0.5, 0.6) is 0 Å². The van der Waals surface area contributed by atoms with E-state index in [2.05, 4.69) is 10.3 Å². The number of carbonyl (C=O) groups excluding carboxylic acids is 1. The number of aromatic nitrogens is 1. The Kier molecular flexibility index (Phi) is 3.78. The zero-order valence-corrected chi connectivity index (χ0v) is 13.7. The number of anilines is 1. The third-order valence-electron chi connectivity index (χ3n) is 4.01. The van der Waals surface area contributed by atoms with Gasteiger partial charge in [-0.2, -0.15) is 0 Å². The fourth-order valence-corrected chi connectivity index (χ4v) is 2.88. The van der Waals surface area contributed by atoms with Gasteiger partial charge >= 0.3 is 0 Å². The lowest BCUT2D eigenvalue weighted by atomic mass is 10.1. The molecule has 4 heteroatoms.